The Morgan fingerprint density at radius 2 is 2.25 bits per heavy atom. The molecule has 0 saturated carbocycles. The number of anilines is 1. The van der Waals surface area contributed by atoms with Gasteiger partial charge in [0.25, 0.3) is 5.69 Å². The lowest BCUT2D eigenvalue weighted by Crippen LogP contribution is -2.04. The summed E-state index contributed by atoms with van der Waals surface area (Å²) in [6.07, 6.45) is 0. The van der Waals surface area contributed by atoms with Crippen molar-refractivity contribution in [2.75, 3.05) is 12.8 Å². The highest BCUT2D eigenvalue weighted by Gasteiger charge is 2.23. The zero-order valence-electron chi connectivity index (χ0n) is 10.1. The summed E-state index contributed by atoms with van der Waals surface area (Å²) in [5, 5.41) is 11.1. The van der Waals surface area contributed by atoms with Crippen LogP contribution in [0.3, 0.4) is 0 Å². The van der Waals surface area contributed by atoms with Gasteiger partial charge < -0.3 is 10.5 Å². The maximum atomic E-state index is 13.1. The van der Waals surface area contributed by atoms with Crippen molar-refractivity contribution in [3.63, 3.8) is 0 Å². The van der Waals surface area contributed by atoms with E-state index in [0.29, 0.717) is 0 Å². The molecular weight excluding hydrogens is 289 g/mol. The van der Waals surface area contributed by atoms with E-state index in [1.165, 1.54) is 13.2 Å². The first-order chi connectivity index (χ1) is 9.43. The first kappa shape index (κ1) is 13.9. The summed E-state index contributed by atoms with van der Waals surface area (Å²) in [6, 6.07) is 3.06. The number of rotatable bonds is 3. The van der Waals surface area contributed by atoms with E-state index in [-0.39, 0.29) is 21.3 Å². The number of halogens is 1. The second-order valence-electron chi connectivity index (χ2n) is 3.64. The molecule has 0 aliphatic rings. The molecule has 0 saturated heterocycles. The molecule has 20 heavy (non-hydrogen) atoms. The van der Waals surface area contributed by atoms with Crippen molar-refractivity contribution >= 4 is 28.0 Å². The van der Waals surface area contributed by atoms with E-state index >= 15 is 0 Å². The Kier molecular flexibility index (Phi) is 3.61. The Balaban J connectivity index is 2.58. The number of aromatic nitrogens is 1. The lowest BCUT2D eigenvalue weighted by Gasteiger charge is -1.99. The largest absolute Gasteiger partial charge is 0.464 e. The number of hydrogen-bond donors (Lipinski definition) is 1. The second kappa shape index (κ2) is 5.21. The average Bonchev–Trinajstić information content (AvgIpc) is 2.79. The van der Waals surface area contributed by atoms with Gasteiger partial charge in [0.05, 0.1) is 23.7 Å². The Morgan fingerprint density at radius 1 is 1.55 bits per heavy atom. The predicted octanol–water partition coefficient (Wildman–Crippen LogP) is 2.23. The van der Waals surface area contributed by atoms with Crippen molar-refractivity contribution in [2.24, 2.45) is 0 Å². The maximum absolute atomic E-state index is 13.1. The normalized spacial score (nSPS) is 10.3. The molecule has 104 valence electrons. The minimum absolute atomic E-state index is 0.0745. The Morgan fingerprint density at radius 3 is 2.85 bits per heavy atom. The van der Waals surface area contributed by atoms with Crippen LogP contribution in [-0.2, 0) is 4.74 Å². The SMILES string of the molecule is COC(=O)c1nc(-c2ccc(F)cc2[N+](=O)[O-])sc1N. The zero-order valence-corrected chi connectivity index (χ0v) is 10.9. The van der Waals surface area contributed by atoms with Crippen LogP contribution in [0.2, 0.25) is 0 Å². The van der Waals surface area contributed by atoms with E-state index in [2.05, 4.69) is 9.72 Å². The van der Waals surface area contributed by atoms with Crippen LogP contribution in [0.5, 0.6) is 0 Å². The van der Waals surface area contributed by atoms with Crippen LogP contribution in [-0.4, -0.2) is 23.0 Å². The topological polar surface area (TPSA) is 108 Å². The van der Waals surface area contributed by atoms with Crippen LogP contribution < -0.4 is 5.73 Å². The van der Waals surface area contributed by atoms with Crippen molar-refractivity contribution in [1.29, 1.82) is 0 Å². The molecule has 0 spiro atoms. The number of benzene rings is 1. The van der Waals surface area contributed by atoms with Crippen molar-refractivity contribution in [1.82, 2.24) is 4.98 Å². The van der Waals surface area contributed by atoms with Crippen molar-refractivity contribution in [3.8, 4) is 10.6 Å². The highest BCUT2D eigenvalue weighted by atomic mass is 32.1. The second-order valence-corrected chi connectivity index (χ2v) is 4.67. The number of ether oxygens (including phenoxy) is 1. The van der Waals surface area contributed by atoms with Gasteiger partial charge in [0, 0.05) is 0 Å². The maximum Gasteiger partial charge on any atom is 0.359 e. The molecule has 0 fully saturated rings. The first-order valence-electron chi connectivity index (χ1n) is 5.23. The van der Waals surface area contributed by atoms with E-state index in [9.17, 15) is 19.3 Å². The number of thiazole rings is 1. The molecule has 2 N–H and O–H groups in total. The number of methoxy groups -OCH3 is 1. The molecular formula is C11H8FN3O4S. The van der Waals surface area contributed by atoms with Gasteiger partial charge in [0.2, 0.25) is 0 Å². The molecule has 2 rings (SSSR count). The highest BCUT2D eigenvalue weighted by Crippen LogP contribution is 2.36. The molecule has 0 aliphatic heterocycles. The molecule has 0 unspecified atom stereocenters. The van der Waals surface area contributed by atoms with Gasteiger partial charge >= 0.3 is 5.97 Å². The third-order valence-electron chi connectivity index (χ3n) is 2.42. The van der Waals surface area contributed by atoms with Gasteiger partial charge in [-0.2, -0.15) is 0 Å². The third-order valence-corrected chi connectivity index (χ3v) is 3.34. The summed E-state index contributed by atoms with van der Waals surface area (Å²) in [4.78, 5) is 25.5. The van der Waals surface area contributed by atoms with Crippen molar-refractivity contribution < 1.29 is 18.8 Å². The quantitative estimate of drug-likeness (QED) is 0.528. The van der Waals surface area contributed by atoms with E-state index < -0.39 is 22.4 Å². The zero-order chi connectivity index (χ0) is 14.9. The van der Waals surface area contributed by atoms with Gasteiger partial charge in [-0.05, 0) is 12.1 Å². The number of nitro benzene ring substituents is 1. The highest BCUT2D eigenvalue weighted by molar-refractivity contribution is 7.19. The Hall–Kier alpha value is -2.55. The van der Waals surface area contributed by atoms with Crippen molar-refractivity contribution in [2.45, 2.75) is 0 Å². The van der Waals surface area contributed by atoms with Gasteiger partial charge in [-0.1, -0.05) is 11.3 Å². The fourth-order valence-electron chi connectivity index (χ4n) is 1.53. The predicted molar refractivity (Wildman–Crippen MR) is 69.9 cm³/mol. The summed E-state index contributed by atoms with van der Waals surface area (Å²) in [5.74, 6) is -1.48. The summed E-state index contributed by atoms with van der Waals surface area (Å²) < 4.78 is 17.6. The molecule has 0 aliphatic carbocycles. The first-order valence-corrected chi connectivity index (χ1v) is 6.04. The van der Waals surface area contributed by atoms with Gasteiger partial charge in [-0.3, -0.25) is 10.1 Å². The van der Waals surface area contributed by atoms with Crippen molar-refractivity contribution in [3.05, 3.63) is 39.8 Å². The average molecular weight is 297 g/mol. The van der Waals surface area contributed by atoms with Crippen LogP contribution in [0.15, 0.2) is 18.2 Å². The molecule has 1 heterocycles. The monoisotopic (exact) mass is 297 g/mol. The molecule has 1 aromatic heterocycles. The number of carbonyl (C=O) groups is 1. The number of hydrogen-bond acceptors (Lipinski definition) is 7. The van der Waals surface area contributed by atoms with E-state index in [4.69, 9.17) is 5.73 Å². The molecule has 0 amide bonds. The molecule has 0 bridgehead atoms. The van der Waals surface area contributed by atoms with E-state index in [1.54, 1.807) is 0 Å². The van der Waals surface area contributed by atoms with Crippen LogP contribution in [0, 0.1) is 15.9 Å². The number of nitrogens with two attached hydrogens (primary N) is 1. The fraction of sp³-hybridized carbons (Fsp3) is 0.0909. The molecule has 7 nitrogen and oxygen atoms in total. The lowest BCUT2D eigenvalue weighted by molar-refractivity contribution is -0.384. The molecule has 0 radical (unpaired) electrons. The van der Waals surface area contributed by atoms with Crippen LogP contribution >= 0.6 is 11.3 Å². The summed E-state index contributed by atoms with van der Waals surface area (Å²) in [7, 11) is 1.17. The lowest BCUT2D eigenvalue weighted by atomic mass is 10.2. The van der Waals surface area contributed by atoms with Crippen LogP contribution in [0.1, 0.15) is 10.5 Å². The number of nitrogen functional groups attached to an aromatic ring is 1. The number of nitro groups is 1. The number of carbonyl (C=O) groups excluding carboxylic acids is 1. The minimum Gasteiger partial charge on any atom is -0.464 e. The Labute approximate surface area is 116 Å². The van der Waals surface area contributed by atoms with Crippen LogP contribution in [0.4, 0.5) is 15.1 Å². The minimum atomic E-state index is -0.741. The van der Waals surface area contributed by atoms with Gasteiger partial charge in [-0.25, -0.2) is 14.2 Å². The van der Waals surface area contributed by atoms with E-state index in [0.717, 1.165) is 23.5 Å². The fourth-order valence-corrected chi connectivity index (χ4v) is 2.38. The van der Waals surface area contributed by atoms with Gasteiger partial charge in [0.1, 0.15) is 15.8 Å². The third kappa shape index (κ3) is 2.43. The smallest absolute Gasteiger partial charge is 0.359 e. The Bertz CT molecular complexity index is 701. The summed E-state index contributed by atoms with van der Waals surface area (Å²) in [5.41, 5.74) is 5.14. The number of nitrogens with zero attached hydrogens (tertiary/aromatic N) is 2. The van der Waals surface area contributed by atoms with Crippen LogP contribution in [0.25, 0.3) is 10.6 Å². The molecule has 2 aromatic rings. The standard InChI is InChI=1S/C11H8FN3O4S/c1-19-11(16)8-9(13)20-10(14-8)6-3-2-5(12)4-7(6)15(17)18/h2-4H,13H2,1H3. The molecule has 0 atom stereocenters. The van der Waals surface area contributed by atoms with Gasteiger partial charge in [-0.15, -0.1) is 0 Å². The van der Waals surface area contributed by atoms with E-state index in [1.807, 2.05) is 0 Å². The summed E-state index contributed by atoms with van der Waals surface area (Å²) >= 11 is 0.888. The number of esters is 1. The van der Waals surface area contributed by atoms with Gasteiger partial charge in [0.15, 0.2) is 5.69 Å². The molecule has 1 aromatic carbocycles. The summed E-state index contributed by atoms with van der Waals surface area (Å²) in [6.45, 7) is 0. The molecule has 9 heteroatoms.